The van der Waals surface area contributed by atoms with E-state index < -0.39 is 0 Å². The topological polar surface area (TPSA) is 30.8 Å². The number of aliphatic imine (C=N–C) groups is 1. The first-order chi connectivity index (χ1) is 17.0. The minimum Gasteiger partial charge on any atom is -0.496 e. The van der Waals surface area contributed by atoms with E-state index in [0.29, 0.717) is 6.61 Å². The van der Waals surface area contributed by atoms with Gasteiger partial charge in [0.15, 0.2) is 0 Å². The fourth-order valence-corrected chi connectivity index (χ4v) is 4.04. The average Bonchev–Trinajstić information content (AvgIpc) is 2.89. The minimum absolute atomic E-state index is 0.124. The van der Waals surface area contributed by atoms with Gasteiger partial charge >= 0.3 is 0 Å². The lowest BCUT2D eigenvalue weighted by Gasteiger charge is -2.25. The predicted molar refractivity (Wildman–Crippen MR) is 148 cm³/mol. The van der Waals surface area contributed by atoms with Crippen LogP contribution in [0.1, 0.15) is 70.4 Å². The summed E-state index contributed by atoms with van der Waals surface area (Å²) in [6, 6.07) is 26.1. The van der Waals surface area contributed by atoms with Crippen molar-refractivity contribution < 1.29 is 9.47 Å². The number of unbranched alkanes of at least 4 members (excludes halogenated alkanes) is 4. The maximum absolute atomic E-state index is 6.31. The van der Waals surface area contributed by atoms with Crippen molar-refractivity contribution in [2.45, 2.75) is 59.3 Å². The van der Waals surface area contributed by atoms with Crippen LogP contribution in [0.2, 0.25) is 0 Å². The summed E-state index contributed by atoms with van der Waals surface area (Å²) in [6.07, 6.45) is 7.65. The summed E-state index contributed by atoms with van der Waals surface area (Å²) in [7, 11) is 1.69. The van der Waals surface area contributed by atoms with Gasteiger partial charge in [-0.2, -0.15) is 0 Å². The van der Waals surface area contributed by atoms with Gasteiger partial charge in [0, 0.05) is 5.56 Å². The third-order valence-corrected chi connectivity index (χ3v) is 6.14. The van der Waals surface area contributed by atoms with E-state index in [0.717, 1.165) is 33.9 Å². The Morgan fingerprint density at radius 1 is 0.857 bits per heavy atom. The number of methoxy groups -OCH3 is 1. The van der Waals surface area contributed by atoms with E-state index in [4.69, 9.17) is 9.47 Å². The van der Waals surface area contributed by atoms with Crippen LogP contribution < -0.4 is 9.47 Å². The molecule has 0 spiro atoms. The molecule has 35 heavy (non-hydrogen) atoms. The zero-order valence-corrected chi connectivity index (χ0v) is 21.7. The number of rotatable bonds is 13. The standard InChI is InChI=1S/C32H39NO2/c1-5-6-7-8-15-22-32(2,3)25-35-28-20-21-31(34-4)29(23-28)30(26-16-11-9-12-17-26)24-33-27-18-13-10-14-19-27/h9-14,16-21,23H,5-8,15,22,25H2,1-4H3. The molecule has 0 heterocycles. The van der Waals surface area contributed by atoms with Crippen LogP contribution in [0.5, 0.6) is 11.5 Å². The Bertz CT molecular complexity index is 1100. The molecule has 3 aromatic rings. The van der Waals surface area contributed by atoms with Gasteiger partial charge in [-0.05, 0) is 53.6 Å². The molecule has 0 amide bonds. The first-order valence-electron chi connectivity index (χ1n) is 12.8. The molecule has 184 valence electrons. The number of para-hydroxylation sites is 1. The quantitative estimate of drug-likeness (QED) is 0.185. The number of ether oxygens (including phenoxy) is 2. The normalized spacial score (nSPS) is 11.0. The Labute approximate surface area is 211 Å². The van der Waals surface area contributed by atoms with Gasteiger partial charge in [0.25, 0.3) is 0 Å². The second-order valence-electron chi connectivity index (χ2n) is 9.78. The number of hydrogen-bond acceptors (Lipinski definition) is 3. The third kappa shape index (κ3) is 8.46. The van der Waals surface area contributed by atoms with Gasteiger partial charge in [0.05, 0.1) is 25.0 Å². The first-order valence-corrected chi connectivity index (χ1v) is 12.8. The van der Waals surface area contributed by atoms with Gasteiger partial charge < -0.3 is 9.47 Å². The number of nitrogens with zero attached hydrogens (tertiary/aromatic N) is 1. The fraction of sp³-hybridized carbons (Fsp3) is 0.375. The Balaban J connectivity index is 1.86. The molecule has 0 aliphatic carbocycles. The Morgan fingerprint density at radius 2 is 1.54 bits per heavy atom. The van der Waals surface area contributed by atoms with Crippen LogP contribution in [0.25, 0.3) is 5.57 Å². The smallest absolute Gasteiger partial charge is 0.127 e. The van der Waals surface area contributed by atoms with E-state index in [1.807, 2.05) is 66.7 Å². The van der Waals surface area contributed by atoms with Crippen molar-refractivity contribution in [3.63, 3.8) is 0 Å². The van der Waals surface area contributed by atoms with Crippen LogP contribution >= 0.6 is 0 Å². The molecule has 3 nitrogen and oxygen atoms in total. The van der Waals surface area contributed by atoms with Gasteiger partial charge in [0.1, 0.15) is 11.5 Å². The monoisotopic (exact) mass is 469 g/mol. The van der Waals surface area contributed by atoms with E-state index in [-0.39, 0.29) is 5.41 Å². The van der Waals surface area contributed by atoms with Gasteiger partial charge in [-0.15, -0.1) is 0 Å². The van der Waals surface area contributed by atoms with Crippen LogP contribution in [0.3, 0.4) is 0 Å². The molecule has 0 aliphatic rings. The van der Waals surface area contributed by atoms with Crippen LogP contribution in [0.4, 0.5) is 5.69 Å². The molecule has 0 bridgehead atoms. The number of benzene rings is 3. The van der Waals surface area contributed by atoms with Gasteiger partial charge in [-0.3, -0.25) is 0 Å². The summed E-state index contributed by atoms with van der Waals surface area (Å²) >= 11 is 0. The molecular formula is C32H39NO2. The molecular weight excluding hydrogens is 430 g/mol. The third-order valence-electron chi connectivity index (χ3n) is 6.14. The first kappa shape index (κ1) is 26.3. The summed E-state index contributed by atoms with van der Waals surface area (Å²) in [6.45, 7) is 7.51. The molecule has 3 heteroatoms. The molecule has 0 atom stereocenters. The Morgan fingerprint density at radius 3 is 2.23 bits per heavy atom. The van der Waals surface area contributed by atoms with E-state index in [1.54, 1.807) is 7.11 Å². The van der Waals surface area contributed by atoms with Crippen molar-refractivity contribution in [2.24, 2.45) is 10.4 Å². The van der Waals surface area contributed by atoms with Crippen molar-refractivity contribution in [2.75, 3.05) is 13.7 Å². The van der Waals surface area contributed by atoms with Crippen molar-refractivity contribution in [3.05, 3.63) is 90.0 Å². The summed E-state index contributed by atoms with van der Waals surface area (Å²) in [4.78, 5) is 4.62. The van der Waals surface area contributed by atoms with Crippen LogP contribution in [0, 0.1) is 5.41 Å². The van der Waals surface area contributed by atoms with E-state index in [2.05, 4.69) is 43.8 Å². The molecule has 0 aromatic heterocycles. The molecule has 0 saturated carbocycles. The molecule has 0 aliphatic heterocycles. The van der Waals surface area contributed by atoms with E-state index >= 15 is 0 Å². The highest BCUT2D eigenvalue weighted by molar-refractivity contribution is 6.01. The summed E-state index contributed by atoms with van der Waals surface area (Å²) in [5.74, 6) is 4.89. The number of hydrogen-bond donors (Lipinski definition) is 0. The second kappa shape index (κ2) is 13.6. The molecule has 3 aromatic carbocycles. The maximum Gasteiger partial charge on any atom is 0.127 e. The molecule has 0 fully saturated rings. The highest BCUT2D eigenvalue weighted by Crippen LogP contribution is 2.34. The van der Waals surface area contributed by atoms with Crippen molar-refractivity contribution in [1.29, 1.82) is 0 Å². The zero-order chi connectivity index (χ0) is 24.9. The lowest BCUT2D eigenvalue weighted by Crippen LogP contribution is -2.21. The van der Waals surface area contributed by atoms with Gasteiger partial charge in [-0.1, -0.05) is 101 Å². The van der Waals surface area contributed by atoms with Gasteiger partial charge in [0.2, 0.25) is 0 Å². The van der Waals surface area contributed by atoms with E-state index in [9.17, 15) is 0 Å². The molecule has 0 N–H and O–H groups in total. The highest BCUT2D eigenvalue weighted by atomic mass is 16.5. The highest BCUT2D eigenvalue weighted by Gasteiger charge is 2.19. The average molecular weight is 470 g/mol. The van der Waals surface area contributed by atoms with E-state index in [1.165, 1.54) is 38.5 Å². The van der Waals surface area contributed by atoms with Crippen LogP contribution in [-0.2, 0) is 0 Å². The molecule has 0 unspecified atom stereocenters. The van der Waals surface area contributed by atoms with Crippen molar-refractivity contribution in [1.82, 2.24) is 0 Å². The largest absolute Gasteiger partial charge is 0.496 e. The lowest BCUT2D eigenvalue weighted by atomic mass is 9.87. The fourth-order valence-electron chi connectivity index (χ4n) is 4.04. The SMILES string of the molecule is CCCCCCCC(C)(C)COc1ccc(OC)c(C(=C=Nc2ccccc2)c2ccccc2)c1. The molecule has 0 radical (unpaired) electrons. The minimum atomic E-state index is 0.124. The summed E-state index contributed by atoms with van der Waals surface area (Å²) < 4.78 is 12.0. The van der Waals surface area contributed by atoms with Crippen molar-refractivity contribution in [3.8, 4) is 11.5 Å². The Hall–Kier alpha value is -3.29. The summed E-state index contributed by atoms with van der Waals surface area (Å²) in [5.41, 5.74) is 3.78. The summed E-state index contributed by atoms with van der Waals surface area (Å²) in [5, 5.41) is 0. The van der Waals surface area contributed by atoms with Crippen LogP contribution in [0.15, 0.2) is 83.9 Å². The molecule has 0 saturated heterocycles. The second-order valence-corrected chi connectivity index (χ2v) is 9.78. The lowest BCUT2D eigenvalue weighted by molar-refractivity contribution is 0.165. The predicted octanol–water partition coefficient (Wildman–Crippen LogP) is 8.89. The van der Waals surface area contributed by atoms with Crippen molar-refractivity contribution >= 4 is 17.1 Å². The zero-order valence-electron chi connectivity index (χ0n) is 21.7. The van der Waals surface area contributed by atoms with Crippen LogP contribution in [-0.4, -0.2) is 19.6 Å². The maximum atomic E-state index is 6.31. The molecule has 3 rings (SSSR count). The Kier molecular flexibility index (Phi) is 10.2. The van der Waals surface area contributed by atoms with Gasteiger partial charge in [-0.25, -0.2) is 4.99 Å².